The van der Waals surface area contributed by atoms with Crippen LogP contribution in [0, 0.1) is 5.92 Å². The lowest BCUT2D eigenvalue weighted by Gasteiger charge is -2.38. The van der Waals surface area contributed by atoms with Gasteiger partial charge in [-0.1, -0.05) is 6.92 Å². The molecule has 2 fully saturated rings. The first-order chi connectivity index (χ1) is 9.41. The van der Waals surface area contributed by atoms with Crippen molar-refractivity contribution in [2.45, 2.75) is 19.8 Å². The Hall–Kier alpha value is -0.660. The molecule has 6 nitrogen and oxygen atoms in total. The Morgan fingerprint density at radius 1 is 1.15 bits per heavy atom. The highest BCUT2D eigenvalue weighted by atomic mass is 32.2. The normalized spacial score (nSPS) is 26.7. The van der Waals surface area contributed by atoms with Crippen LogP contribution in [0.15, 0.2) is 0 Å². The Labute approximate surface area is 121 Å². The molecule has 0 aromatic carbocycles. The Morgan fingerprint density at radius 3 is 2.35 bits per heavy atom. The Morgan fingerprint density at radius 2 is 1.80 bits per heavy atom. The summed E-state index contributed by atoms with van der Waals surface area (Å²) < 4.78 is 24.7. The number of sulfonamides is 1. The molecule has 0 radical (unpaired) electrons. The van der Waals surface area contributed by atoms with Crippen molar-refractivity contribution in [3.8, 4) is 0 Å². The van der Waals surface area contributed by atoms with Gasteiger partial charge in [-0.3, -0.25) is 4.79 Å². The summed E-state index contributed by atoms with van der Waals surface area (Å²) in [6.07, 6.45) is 2.80. The molecule has 0 saturated carbocycles. The maximum Gasteiger partial charge on any atom is 0.227 e. The molecule has 0 N–H and O–H groups in total. The average Bonchev–Trinajstić information content (AvgIpc) is 2.46. The van der Waals surface area contributed by atoms with Crippen LogP contribution in [0.3, 0.4) is 0 Å². The Bertz CT molecular complexity index is 444. The number of hydrogen-bond donors (Lipinski definition) is 0. The third-order valence-electron chi connectivity index (χ3n) is 4.33. The SMILES string of the molecule is CCN1CCN(C(=O)[C@H]2CCCN(S(C)(=O)=O)C2)CC1. The summed E-state index contributed by atoms with van der Waals surface area (Å²) in [5, 5.41) is 0. The molecule has 0 bridgehead atoms. The van der Waals surface area contributed by atoms with Gasteiger partial charge in [0.1, 0.15) is 0 Å². The van der Waals surface area contributed by atoms with E-state index in [-0.39, 0.29) is 11.8 Å². The monoisotopic (exact) mass is 303 g/mol. The van der Waals surface area contributed by atoms with Crippen molar-refractivity contribution in [2.75, 3.05) is 52.1 Å². The number of hydrogen-bond acceptors (Lipinski definition) is 4. The van der Waals surface area contributed by atoms with E-state index in [0.29, 0.717) is 13.1 Å². The van der Waals surface area contributed by atoms with E-state index in [4.69, 9.17) is 0 Å². The number of carbonyl (C=O) groups is 1. The minimum Gasteiger partial charge on any atom is -0.340 e. The molecule has 20 heavy (non-hydrogen) atoms. The van der Waals surface area contributed by atoms with Crippen molar-refractivity contribution in [3.05, 3.63) is 0 Å². The first-order valence-corrected chi connectivity index (χ1v) is 9.23. The number of rotatable bonds is 3. The van der Waals surface area contributed by atoms with E-state index in [2.05, 4.69) is 11.8 Å². The molecule has 2 aliphatic heterocycles. The number of piperazine rings is 1. The molecule has 1 atom stereocenters. The van der Waals surface area contributed by atoms with Gasteiger partial charge in [-0.15, -0.1) is 0 Å². The van der Waals surface area contributed by atoms with Crippen molar-refractivity contribution >= 4 is 15.9 Å². The second-order valence-electron chi connectivity index (χ2n) is 5.72. The summed E-state index contributed by atoms with van der Waals surface area (Å²) in [5.41, 5.74) is 0. The molecule has 0 aliphatic carbocycles. The minimum atomic E-state index is -3.18. The van der Waals surface area contributed by atoms with E-state index < -0.39 is 10.0 Å². The van der Waals surface area contributed by atoms with Crippen molar-refractivity contribution < 1.29 is 13.2 Å². The first kappa shape index (κ1) is 15.7. The van der Waals surface area contributed by atoms with Crippen LogP contribution in [0.2, 0.25) is 0 Å². The fraction of sp³-hybridized carbons (Fsp3) is 0.923. The van der Waals surface area contributed by atoms with E-state index in [9.17, 15) is 13.2 Å². The van der Waals surface area contributed by atoms with Crippen LogP contribution in [-0.4, -0.2) is 80.5 Å². The van der Waals surface area contributed by atoms with Gasteiger partial charge in [-0.2, -0.15) is 0 Å². The second kappa shape index (κ2) is 6.41. The third kappa shape index (κ3) is 3.71. The smallest absolute Gasteiger partial charge is 0.227 e. The zero-order valence-electron chi connectivity index (χ0n) is 12.4. The maximum atomic E-state index is 12.5. The van der Waals surface area contributed by atoms with Crippen LogP contribution in [0.4, 0.5) is 0 Å². The summed E-state index contributed by atoms with van der Waals surface area (Å²) in [6.45, 7) is 7.42. The number of amides is 1. The molecule has 2 rings (SSSR count). The van der Waals surface area contributed by atoms with Gasteiger partial charge >= 0.3 is 0 Å². The highest BCUT2D eigenvalue weighted by Crippen LogP contribution is 2.21. The molecule has 0 aromatic heterocycles. The molecule has 2 saturated heterocycles. The molecular formula is C13H25N3O3S. The zero-order chi connectivity index (χ0) is 14.8. The lowest BCUT2D eigenvalue weighted by Crippen LogP contribution is -2.52. The number of nitrogens with zero attached hydrogens (tertiary/aromatic N) is 3. The standard InChI is InChI=1S/C13H25N3O3S/c1-3-14-7-9-15(10-8-14)13(17)12-5-4-6-16(11-12)20(2,18)19/h12H,3-11H2,1-2H3/t12-/m0/s1. The van der Waals surface area contributed by atoms with E-state index >= 15 is 0 Å². The Kier molecular flexibility index (Phi) is 5.04. The lowest BCUT2D eigenvalue weighted by molar-refractivity contribution is -0.138. The van der Waals surface area contributed by atoms with Gasteiger partial charge in [0.05, 0.1) is 12.2 Å². The van der Waals surface area contributed by atoms with E-state index in [1.807, 2.05) is 4.90 Å². The van der Waals surface area contributed by atoms with Crippen molar-refractivity contribution in [3.63, 3.8) is 0 Å². The fourth-order valence-electron chi connectivity index (χ4n) is 2.99. The predicted molar refractivity (Wildman–Crippen MR) is 77.8 cm³/mol. The van der Waals surface area contributed by atoms with Gasteiger partial charge in [0, 0.05) is 39.3 Å². The van der Waals surface area contributed by atoms with Crippen LogP contribution >= 0.6 is 0 Å². The second-order valence-corrected chi connectivity index (χ2v) is 7.70. The predicted octanol–water partition coefficient (Wildman–Crippen LogP) is -0.178. The molecule has 0 unspecified atom stereocenters. The molecule has 2 heterocycles. The largest absolute Gasteiger partial charge is 0.340 e. The van der Waals surface area contributed by atoms with Crippen molar-refractivity contribution in [2.24, 2.45) is 5.92 Å². The van der Waals surface area contributed by atoms with E-state index in [1.54, 1.807) is 0 Å². The molecule has 116 valence electrons. The van der Waals surface area contributed by atoms with Crippen molar-refractivity contribution in [1.82, 2.24) is 14.1 Å². The van der Waals surface area contributed by atoms with Gasteiger partial charge in [0.25, 0.3) is 0 Å². The third-order valence-corrected chi connectivity index (χ3v) is 5.60. The summed E-state index contributed by atoms with van der Waals surface area (Å²) >= 11 is 0. The Balaban J connectivity index is 1.92. The van der Waals surface area contributed by atoms with Crippen LogP contribution in [0.25, 0.3) is 0 Å². The molecule has 7 heteroatoms. The molecule has 0 aromatic rings. The summed E-state index contributed by atoms with van der Waals surface area (Å²) in [5.74, 6) is -0.0271. The van der Waals surface area contributed by atoms with E-state index in [1.165, 1.54) is 10.6 Å². The summed E-state index contributed by atoms with van der Waals surface area (Å²) in [6, 6.07) is 0. The number of carbonyl (C=O) groups excluding carboxylic acids is 1. The molecular weight excluding hydrogens is 278 g/mol. The van der Waals surface area contributed by atoms with Crippen LogP contribution < -0.4 is 0 Å². The number of likely N-dealkylation sites (N-methyl/N-ethyl adjacent to an activating group) is 1. The lowest BCUT2D eigenvalue weighted by atomic mass is 9.98. The molecule has 0 spiro atoms. The minimum absolute atomic E-state index is 0.133. The van der Waals surface area contributed by atoms with Crippen molar-refractivity contribution in [1.29, 1.82) is 0 Å². The topological polar surface area (TPSA) is 60.9 Å². The number of piperidine rings is 1. The summed E-state index contributed by atoms with van der Waals surface area (Å²) in [4.78, 5) is 16.7. The quantitative estimate of drug-likeness (QED) is 0.726. The van der Waals surface area contributed by atoms with Gasteiger partial charge in [0.15, 0.2) is 0 Å². The van der Waals surface area contributed by atoms with E-state index in [0.717, 1.165) is 45.6 Å². The van der Waals surface area contributed by atoms with Gasteiger partial charge in [0.2, 0.25) is 15.9 Å². The first-order valence-electron chi connectivity index (χ1n) is 7.38. The van der Waals surface area contributed by atoms with Gasteiger partial charge in [-0.05, 0) is 19.4 Å². The van der Waals surface area contributed by atoms with Crippen LogP contribution in [0.5, 0.6) is 0 Å². The van der Waals surface area contributed by atoms with Crippen LogP contribution in [-0.2, 0) is 14.8 Å². The fourth-order valence-corrected chi connectivity index (χ4v) is 3.90. The summed E-state index contributed by atoms with van der Waals surface area (Å²) in [7, 11) is -3.18. The van der Waals surface area contributed by atoms with Gasteiger partial charge in [-0.25, -0.2) is 12.7 Å². The highest BCUT2D eigenvalue weighted by molar-refractivity contribution is 7.88. The zero-order valence-corrected chi connectivity index (χ0v) is 13.2. The molecule has 1 amide bonds. The molecule has 2 aliphatic rings. The highest BCUT2D eigenvalue weighted by Gasteiger charge is 2.33. The van der Waals surface area contributed by atoms with Crippen LogP contribution in [0.1, 0.15) is 19.8 Å². The average molecular weight is 303 g/mol. The maximum absolute atomic E-state index is 12.5. The van der Waals surface area contributed by atoms with Gasteiger partial charge < -0.3 is 9.80 Å².